The number of carbonyl (C=O) groups excluding carboxylic acids is 1. The highest BCUT2D eigenvalue weighted by atomic mass is 79.9. The van der Waals surface area contributed by atoms with E-state index in [9.17, 15) is 9.59 Å². The Bertz CT molecular complexity index is 677. The summed E-state index contributed by atoms with van der Waals surface area (Å²) in [5.74, 6) is -1.05. The smallest absolute Gasteiger partial charge is 0.335 e. The highest BCUT2D eigenvalue weighted by Gasteiger charge is 2.16. The van der Waals surface area contributed by atoms with Crippen molar-refractivity contribution < 1.29 is 14.7 Å². The molecule has 6 heteroatoms. The maximum atomic E-state index is 12.3. The van der Waals surface area contributed by atoms with Gasteiger partial charge in [-0.1, -0.05) is 12.1 Å². The van der Waals surface area contributed by atoms with Crippen molar-refractivity contribution in [3.05, 3.63) is 57.8 Å². The van der Waals surface area contributed by atoms with Gasteiger partial charge in [0.25, 0.3) is 5.91 Å². The van der Waals surface area contributed by atoms with Gasteiger partial charge in [-0.2, -0.15) is 0 Å². The molecular formula is C15H15BrN2O3. The Kier molecular flexibility index (Phi) is 4.47. The van der Waals surface area contributed by atoms with Crippen LogP contribution in [0.2, 0.25) is 0 Å². The van der Waals surface area contributed by atoms with Crippen LogP contribution in [0.4, 0.5) is 0 Å². The SMILES string of the molecule is CN(Cc1ccc(C(=O)O)cc1)C(=O)c1cc(Br)cn1C. The molecule has 0 bridgehead atoms. The normalized spacial score (nSPS) is 10.4. The summed E-state index contributed by atoms with van der Waals surface area (Å²) in [6, 6.07) is 8.28. The van der Waals surface area contributed by atoms with Gasteiger partial charge in [0.1, 0.15) is 5.69 Å². The number of carboxylic acid groups (broad SMARTS) is 1. The van der Waals surface area contributed by atoms with Crippen molar-refractivity contribution >= 4 is 27.8 Å². The highest BCUT2D eigenvalue weighted by Crippen LogP contribution is 2.16. The fraction of sp³-hybridized carbons (Fsp3) is 0.200. The number of carboxylic acids is 1. The summed E-state index contributed by atoms with van der Waals surface area (Å²) in [7, 11) is 3.53. The minimum atomic E-state index is -0.959. The number of carbonyl (C=O) groups is 2. The summed E-state index contributed by atoms with van der Waals surface area (Å²) < 4.78 is 2.61. The Morgan fingerprint density at radius 2 is 1.90 bits per heavy atom. The first-order valence-corrected chi connectivity index (χ1v) is 7.07. The lowest BCUT2D eigenvalue weighted by Crippen LogP contribution is -2.27. The Hall–Kier alpha value is -2.08. The fourth-order valence-electron chi connectivity index (χ4n) is 2.03. The van der Waals surface area contributed by atoms with Crippen LogP contribution in [-0.4, -0.2) is 33.5 Å². The Balaban J connectivity index is 2.10. The number of aromatic nitrogens is 1. The molecule has 1 N–H and O–H groups in total. The van der Waals surface area contributed by atoms with Crippen molar-refractivity contribution in [2.24, 2.45) is 7.05 Å². The van der Waals surface area contributed by atoms with E-state index >= 15 is 0 Å². The van der Waals surface area contributed by atoms with Crippen molar-refractivity contribution in [1.29, 1.82) is 0 Å². The van der Waals surface area contributed by atoms with Gasteiger partial charge in [-0.3, -0.25) is 4.79 Å². The van der Waals surface area contributed by atoms with Gasteiger partial charge in [-0.15, -0.1) is 0 Å². The van der Waals surface area contributed by atoms with E-state index in [1.165, 1.54) is 12.1 Å². The van der Waals surface area contributed by atoms with Crippen LogP contribution in [0.3, 0.4) is 0 Å². The molecule has 0 aliphatic carbocycles. The van der Waals surface area contributed by atoms with Crippen LogP contribution in [0, 0.1) is 0 Å². The molecule has 0 atom stereocenters. The number of halogens is 1. The molecule has 2 rings (SSSR count). The largest absolute Gasteiger partial charge is 0.478 e. The van der Waals surface area contributed by atoms with Crippen molar-refractivity contribution in [3.63, 3.8) is 0 Å². The first-order valence-electron chi connectivity index (χ1n) is 6.28. The Labute approximate surface area is 130 Å². The molecule has 110 valence electrons. The quantitative estimate of drug-likeness (QED) is 0.921. The van der Waals surface area contributed by atoms with Crippen LogP contribution in [0.15, 0.2) is 41.0 Å². The molecule has 1 aromatic heterocycles. The standard InChI is InChI=1S/C15H15BrN2O3/c1-17-9-12(16)7-13(17)14(19)18(2)8-10-3-5-11(6-4-10)15(20)21/h3-7,9H,8H2,1-2H3,(H,20,21). The average Bonchev–Trinajstić information content (AvgIpc) is 2.77. The number of hydrogen-bond donors (Lipinski definition) is 1. The Morgan fingerprint density at radius 3 is 2.38 bits per heavy atom. The third kappa shape index (κ3) is 3.52. The van der Waals surface area contributed by atoms with Crippen LogP contribution >= 0.6 is 15.9 Å². The third-order valence-corrected chi connectivity index (χ3v) is 3.59. The number of aryl methyl sites for hydroxylation is 1. The molecule has 0 radical (unpaired) electrons. The molecule has 1 amide bonds. The molecule has 0 unspecified atom stereocenters. The van der Waals surface area contributed by atoms with Crippen molar-refractivity contribution in [1.82, 2.24) is 9.47 Å². The van der Waals surface area contributed by atoms with Crippen molar-refractivity contribution in [3.8, 4) is 0 Å². The van der Waals surface area contributed by atoms with Gasteiger partial charge in [0, 0.05) is 31.3 Å². The maximum Gasteiger partial charge on any atom is 0.335 e. The Morgan fingerprint density at radius 1 is 1.29 bits per heavy atom. The number of hydrogen-bond acceptors (Lipinski definition) is 2. The summed E-state index contributed by atoms with van der Waals surface area (Å²) >= 11 is 3.34. The van der Waals surface area contributed by atoms with E-state index in [0.717, 1.165) is 10.0 Å². The zero-order valence-electron chi connectivity index (χ0n) is 11.7. The van der Waals surface area contributed by atoms with E-state index in [4.69, 9.17) is 5.11 Å². The van der Waals surface area contributed by atoms with Crippen LogP contribution in [-0.2, 0) is 13.6 Å². The number of nitrogens with zero attached hydrogens (tertiary/aromatic N) is 2. The van der Waals surface area contributed by atoms with Crippen LogP contribution < -0.4 is 0 Å². The molecule has 1 heterocycles. The molecule has 0 aliphatic rings. The second-order valence-corrected chi connectivity index (χ2v) is 5.73. The fourth-order valence-corrected chi connectivity index (χ4v) is 2.55. The van der Waals surface area contributed by atoms with Gasteiger partial charge in [0.2, 0.25) is 0 Å². The van der Waals surface area contributed by atoms with Gasteiger partial charge >= 0.3 is 5.97 Å². The van der Waals surface area contributed by atoms with Crippen LogP contribution in [0.1, 0.15) is 26.4 Å². The monoisotopic (exact) mass is 350 g/mol. The number of amides is 1. The molecule has 2 aromatic rings. The number of benzene rings is 1. The second kappa shape index (κ2) is 6.13. The van der Waals surface area contributed by atoms with E-state index < -0.39 is 5.97 Å². The summed E-state index contributed by atoms with van der Waals surface area (Å²) in [6.45, 7) is 0.418. The first kappa shape index (κ1) is 15.3. The lowest BCUT2D eigenvalue weighted by Gasteiger charge is -2.17. The van der Waals surface area contributed by atoms with Crippen molar-refractivity contribution in [2.75, 3.05) is 7.05 Å². The topological polar surface area (TPSA) is 62.5 Å². The minimum Gasteiger partial charge on any atom is -0.478 e. The summed E-state index contributed by atoms with van der Waals surface area (Å²) in [5.41, 5.74) is 1.70. The van der Waals surface area contributed by atoms with Crippen LogP contribution in [0.5, 0.6) is 0 Å². The molecule has 21 heavy (non-hydrogen) atoms. The number of aromatic carboxylic acids is 1. The molecule has 0 saturated carbocycles. The molecule has 0 spiro atoms. The molecule has 0 saturated heterocycles. The van der Waals surface area contributed by atoms with Gasteiger partial charge in [-0.25, -0.2) is 4.79 Å². The first-order chi connectivity index (χ1) is 9.88. The highest BCUT2D eigenvalue weighted by molar-refractivity contribution is 9.10. The molecular weight excluding hydrogens is 336 g/mol. The lowest BCUT2D eigenvalue weighted by atomic mass is 10.1. The summed E-state index contributed by atoms with van der Waals surface area (Å²) in [6.07, 6.45) is 1.82. The number of rotatable bonds is 4. The third-order valence-electron chi connectivity index (χ3n) is 3.16. The molecule has 1 aromatic carbocycles. The predicted molar refractivity (Wildman–Crippen MR) is 82.3 cm³/mol. The van der Waals surface area contributed by atoms with Gasteiger partial charge in [0.15, 0.2) is 0 Å². The molecule has 5 nitrogen and oxygen atoms in total. The minimum absolute atomic E-state index is 0.0921. The summed E-state index contributed by atoms with van der Waals surface area (Å²) in [5, 5.41) is 8.86. The van der Waals surface area contributed by atoms with E-state index in [1.54, 1.807) is 34.7 Å². The van der Waals surface area contributed by atoms with E-state index in [0.29, 0.717) is 12.2 Å². The average molecular weight is 351 g/mol. The van der Waals surface area contributed by atoms with E-state index in [-0.39, 0.29) is 11.5 Å². The van der Waals surface area contributed by atoms with Gasteiger partial charge < -0.3 is 14.6 Å². The van der Waals surface area contributed by atoms with E-state index in [2.05, 4.69) is 15.9 Å². The second-order valence-electron chi connectivity index (χ2n) is 4.82. The van der Waals surface area contributed by atoms with Gasteiger partial charge in [-0.05, 0) is 39.7 Å². The van der Waals surface area contributed by atoms with E-state index in [1.807, 2.05) is 13.2 Å². The zero-order valence-corrected chi connectivity index (χ0v) is 13.3. The van der Waals surface area contributed by atoms with Gasteiger partial charge in [0.05, 0.1) is 5.56 Å². The molecule has 0 fully saturated rings. The van der Waals surface area contributed by atoms with Crippen LogP contribution in [0.25, 0.3) is 0 Å². The molecule has 0 aliphatic heterocycles. The lowest BCUT2D eigenvalue weighted by molar-refractivity contribution is 0.0695. The predicted octanol–water partition coefficient (Wildman–Crippen LogP) is 2.76. The summed E-state index contributed by atoms with van der Waals surface area (Å²) in [4.78, 5) is 24.7. The van der Waals surface area contributed by atoms with Crippen molar-refractivity contribution in [2.45, 2.75) is 6.54 Å². The zero-order chi connectivity index (χ0) is 15.6. The maximum absolute atomic E-state index is 12.3.